The molecular weight excluding hydrogens is 449 g/mol. The average molecular weight is 457 g/mol. The van der Waals surface area contributed by atoms with E-state index in [1.54, 1.807) is 0 Å². The Morgan fingerprint density at radius 1 is 1.24 bits per heavy atom. The smallest absolute Gasteiger partial charge is 0.367 e. The van der Waals surface area contributed by atoms with Crippen molar-refractivity contribution in [2.24, 2.45) is 10.2 Å². The molecule has 116 valence electrons. The van der Waals surface area contributed by atoms with Crippen LogP contribution in [0.2, 0.25) is 15.1 Å². The summed E-state index contributed by atoms with van der Waals surface area (Å²) in [4.78, 5) is 11.6. The first-order valence-corrected chi connectivity index (χ1v) is 8.47. The molecule has 1 rings (SSSR count). The summed E-state index contributed by atoms with van der Waals surface area (Å²) in [7, 11) is 0. The third-order valence-corrected chi connectivity index (χ3v) is 3.83. The van der Waals surface area contributed by atoms with Crippen LogP contribution in [0.1, 0.15) is 6.42 Å². The number of hydrogen-bond donors (Lipinski definition) is 0. The lowest BCUT2D eigenvalue weighted by molar-refractivity contribution is -0.144. The molecule has 0 saturated carbocycles. The molecule has 0 amide bonds. The molecule has 10 heteroatoms. The topological polar surface area (TPSA) is 51.0 Å². The van der Waals surface area contributed by atoms with E-state index in [0.29, 0.717) is 16.8 Å². The molecule has 0 atom stereocenters. The van der Waals surface area contributed by atoms with Crippen molar-refractivity contribution < 1.29 is 9.53 Å². The molecule has 0 radical (unpaired) electrons. The highest BCUT2D eigenvalue weighted by Crippen LogP contribution is 2.37. The van der Waals surface area contributed by atoms with E-state index in [4.69, 9.17) is 62.7 Å². The van der Waals surface area contributed by atoms with Crippen LogP contribution >= 0.6 is 73.9 Å². The maximum Gasteiger partial charge on any atom is 0.367 e. The molecule has 0 spiro atoms. The first-order chi connectivity index (χ1) is 9.77. The van der Waals surface area contributed by atoms with Crippen molar-refractivity contribution in [1.82, 2.24) is 0 Å². The second-order valence-electron chi connectivity index (χ2n) is 3.64. The normalized spacial score (nSPS) is 11.9. The van der Waals surface area contributed by atoms with Gasteiger partial charge in [0.1, 0.15) is 5.69 Å². The van der Waals surface area contributed by atoms with Gasteiger partial charge in [0.25, 0.3) is 0 Å². The van der Waals surface area contributed by atoms with Crippen molar-refractivity contribution in [1.29, 1.82) is 0 Å². The van der Waals surface area contributed by atoms with Crippen LogP contribution in [0.5, 0.6) is 0 Å². The molecule has 0 aromatic heterocycles. The fraction of sp³-hybridized carbons (Fsp3) is 0.364. The van der Waals surface area contributed by atoms with E-state index in [9.17, 15) is 4.79 Å². The fourth-order valence-electron chi connectivity index (χ4n) is 1.09. The number of alkyl halides is 3. The number of nitrogens with zero attached hydrogens (tertiary/aromatic N) is 2. The van der Waals surface area contributed by atoms with Crippen LogP contribution in [0.3, 0.4) is 0 Å². The van der Waals surface area contributed by atoms with Gasteiger partial charge in [0.2, 0.25) is 0 Å². The van der Waals surface area contributed by atoms with Crippen LogP contribution in [-0.2, 0) is 9.53 Å². The van der Waals surface area contributed by atoms with Crippen LogP contribution in [-0.4, -0.2) is 22.4 Å². The van der Waals surface area contributed by atoms with E-state index in [1.807, 2.05) is 0 Å². The molecule has 21 heavy (non-hydrogen) atoms. The monoisotopic (exact) mass is 454 g/mol. The number of benzene rings is 1. The molecule has 4 nitrogen and oxygen atoms in total. The van der Waals surface area contributed by atoms with Crippen LogP contribution in [0, 0.1) is 0 Å². The summed E-state index contributed by atoms with van der Waals surface area (Å²) in [5, 5.41) is 8.51. The number of halogens is 6. The minimum atomic E-state index is -2.18. The SMILES string of the molecule is O=C(OCCCBr)C(Cl)(Cl)/N=N/c1c(Cl)cc(Cl)cc1Cl. The fourth-order valence-corrected chi connectivity index (χ4v) is 2.40. The number of carbonyl (C=O) groups is 1. The second kappa shape index (κ2) is 8.75. The Kier molecular flexibility index (Phi) is 8.03. The highest BCUT2D eigenvalue weighted by molar-refractivity contribution is 9.09. The highest BCUT2D eigenvalue weighted by Gasteiger charge is 2.36. The lowest BCUT2D eigenvalue weighted by Gasteiger charge is -2.12. The largest absolute Gasteiger partial charge is 0.462 e. The zero-order chi connectivity index (χ0) is 16.0. The summed E-state index contributed by atoms with van der Waals surface area (Å²) in [6.45, 7) is 0.156. The van der Waals surface area contributed by atoms with Crippen molar-refractivity contribution in [3.05, 3.63) is 27.2 Å². The standard InChI is InChI=1S/C11H8BrCl5N2O2/c12-2-1-3-21-10(20)11(16,17)19-18-9-7(14)4-6(13)5-8(9)15/h4-5H,1-3H2/b19-18+. The van der Waals surface area contributed by atoms with Crippen molar-refractivity contribution in [2.45, 2.75) is 10.9 Å². The van der Waals surface area contributed by atoms with E-state index < -0.39 is 10.4 Å². The van der Waals surface area contributed by atoms with Gasteiger partial charge in [-0.3, -0.25) is 0 Å². The van der Waals surface area contributed by atoms with Crippen molar-refractivity contribution in [3.8, 4) is 0 Å². The van der Waals surface area contributed by atoms with Gasteiger partial charge < -0.3 is 4.74 Å². The first-order valence-electron chi connectivity index (χ1n) is 5.46. The minimum Gasteiger partial charge on any atom is -0.462 e. The van der Waals surface area contributed by atoms with Gasteiger partial charge >= 0.3 is 10.4 Å². The third-order valence-electron chi connectivity index (χ3n) is 2.01. The van der Waals surface area contributed by atoms with Crippen LogP contribution in [0.15, 0.2) is 22.4 Å². The maximum atomic E-state index is 11.6. The molecule has 0 bridgehead atoms. The number of esters is 1. The van der Waals surface area contributed by atoms with E-state index in [1.165, 1.54) is 12.1 Å². The predicted octanol–water partition coefficient (Wildman–Crippen LogP) is 6.19. The predicted molar refractivity (Wildman–Crippen MR) is 89.8 cm³/mol. The van der Waals surface area contributed by atoms with Gasteiger partial charge in [-0.05, 0) is 18.6 Å². The Hall–Kier alpha value is 0.220. The second-order valence-corrected chi connectivity index (χ2v) is 6.97. The Labute approximate surface area is 154 Å². The Balaban J connectivity index is 2.85. The lowest BCUT2D eigenvalue weighted by Crippen LogP contribution is -2.26. The zero-order valence-electron chi connectivity index (χ0n) is 10.3. The molecule has 0 heterocycles. The maximum absolute atomic E-state index is 11.6. The van der Waals surface area contributed by atoms with Gasteiger partial charge in [-0.2, -0.15) is 0 Å². The summed E-state index contributed by atoms with van der Waals surface area (Å²) in [6.07, 6.45) is 0.613. The quantitative estimate of drug-likeness (QED) is 0.168. The Bertz CT molecular complexity index is 530. The van der Waals surface area contributed by atoms with E-state index in [2.05, 4.69) is 26.2 Å². The van der Waals surface area contributed by atoms with Crippen molar-refractivity contribution >= 4 is 85.6 Å². The first kappa shape index (κ1) is 19.3. The Morgan fingerprint density at radius 3 is 2.33 bits per heavy atom. The molecule has 1 aromatic rings. The summed E-state index contributed by atoms with van der Waals surface area (Å²) >= 11 is 32.3. The average Bonchev–Trinajstić information content (AvgIpc) is 2.37. The number of hydrogen-bond acceptors (Lipinski definition) is 4. The number of carbonyl (C=O) groups excluding carboxylic acids is 1. The number of azo groups is 1. The minimum absolute atomic E-state index is 0.0988. The molecule has 0 saturated heterocycles. The summed E-state index contributed by atoms with van der Waals surface area (Å²) < 4.78 is 2.66. The molecule has 0 N–H and O–H groups in total. The van der Waals surface area contributed by atoms with Gasteiger partial charge in [0, 0.05) is 10.4 Å². The summed E-state index contributed by atoms with van der Waals surface area (Å²) in [6, 6.07) is 2.84. The van der Waals surface area contributed by atoms with Crippen LogP contribution < -0.4 is 0 Å². The molecule has 0 aliphatic rings. The third kappa shape index (κ3) is 6.08. The number of rotatable bonds is 6. The van der Waals surface area contributed by atoms with E-state index in [0.717, 1.165) is 0 Å². The molecule has 0 unspecified atom stereocenters. The summed E-state index contributed by atoms with van der Waals surface area (Å²) in [5.74, 6) is -0.934. The van der Waals surface area contributed by atoms with Crippen LogP contribution in [0.25, 0.3) is 0 Å². The highest BCUT2D eigenvalue weighted by atomic mass is 79.9. The van der Waals surface area contributed by atoms with Gasteiger partial charge in [0.15, 0.2) is 0 Å². The molecule has 0 aliphatic heterocycles. The van der Waals surface area contributed by atoms with Crippen molar-refractivity contribution in [2.75, 3.05) is 11.9 Å². The van der Waals surface area contributed by atoms with E-state index >= 15 is 0 Å². The van der Waals surface area contributed by atoms with E-state index in [-0.39, 0.29) is 22.3 Å². The van der Waals surface area contributed by atoms with Gasteiger partial charge in [-0.25, -0.2) is 4.79 Å². The molecule has 1 aromatic carbocycles. The summed E-state index contributed by atoms with van der Waals surface area (Å²) in [5.41, 5.74) is 0.0988. The molecule has 0 aliphatic carbocycles. The molecular formula is C11H8BrCl5N2O2. The van der Waals surface area contributed by atoms with Gasteiger partial charge in [0.05, 0.1) is 16.7 Å². The number of ether oxygens (including phenoxy) is 1. The zero-order valence-corrected chi connectivity index (χ0v) is 15.6. The van der Waals surface area contributed by atoms with Crippen molar-refractivity contribution in [3.63, 3.8) is 0 Å². The molecule has 0 fully saturated rings. The van der Waals surface area contributed by atoms with Gasteiger partial charge in [-0.15, -0.1) is 10.2 Å². The lowest BCUT2D eigenvalue weighted by atomic mass is 10.3. The van der Waals surface area contributed by atoms with Crippen LogP contribution in [0.4, 0.5) is 5.69 Å². The Morgan fingerprint density at radius 2 is 1.81 bits per heavy atom. The van der Waals surface area contributed by atoms with Gasteiger partial charge in [-0.1, -0.05) is 73.9 Å².